The van der Waals surface area contributed by atoms with Crippen molar-refractivity contribution in [2.75, 3.05) is 7.05 Å². The summed E-state index contributed by atoms with van der Waals surface area (Å²) < 4.78 is 1.79. The van der Waals surface area contributed by atoms with Gasteiger partial charge in [0.1, 0.15) is 0 Å². The highest BCUT2D eigenvalue weighted by Gasteiger charge is 2.52. The van der Waals surface area contributed by atoms with Gasteiger partial charge in [0.05, 0.1) is 0 Å². The molecule has 27 heavy (non-hydrogen) atoms. The summed E-state index contributed by atoms with van der Waals surface area (Å²) in [6, 6.07) is 15.2. The van der Waals surface area contributed by atoms with Crippen molar-refractivity contribution in [3.05, 3.63) is 77.3 Å². The molecule has 2 heterocycles. The Morgan fingerprint density at radius 2 is 1.78 bits per heavy atom. The number of imidazole rings is 1. The minimum Gasteiger partial charge on any atom is -0.369 e. The second-order valence-corrected chi connectivity index (χ2v) is 6.93. The minimum absolute atomic E-state index is 0.163. The average molecular weight is 380 g/mol. The van der Waals surface area contributed by atoms with Crippen molar-refractivity contribution in [1.82, 2.24) is 14.5 Å². The zero-order chi connectivity index (χ0) is 19.2. The summed E-state index contributed by atoms with van der Waals surface area (Å²) in [4.78, 5) is 23.6. The summed E-state index contributed by atoms with van der Waals surface area (Å²) in [5.41, 5.74) is 7.28. The predicted octanol–water partition coefficient (Wildman–Crippen LogP) is 2.77. The summed E-state index contributed by atoms with van der Waals surface area (Å²) in [6.07, 6.45) is 3.43. The van der Waals surface area contributed by atoms with E-state index in [-0.39, 0.29) is 11.9 Å². The van der Waals surface area contributed by atoms with E-state index in [1.54, 1.807) is 24.0 Å². The van der Waals surface area contributed by atoms with Gasteiger partial charge in [-0.25, -0.2) is 9.98 Å². The molecule has 1 aliphatic rings. The van der Waals surface area contributed by atoms with E-state index in [4.69, 9.17) is 17.3 Å². The van der Waals surface area contributed by atoms with Gasteiger partial charge in [0.2, 0.25) is 5.54 Å². The summed E-state index contributed by atoms with van der Waals surface area (Å²) in [7, 11) is 3.45. The number of guanidine groups is 1. The van der Waals surface area contributed by atoms with Gasteiger partial charge in [0.25, 0.3) is 5.91 Å². The molecule has 1 unspecified atom stereocenters. The smallest absolute Gasteiger partial charge is 0.269 e. The molecule has 0 radical (unpaired) electrons. The lowest BCUT2D eigenvalue weighted by Gasteiger charge is -2.25. The van der Waals surface area contributed by atoms with Crippen LogP contribution in [-0.4, -0.2) is 33.4 Å². The fraction of sp³-hybridized carbons (Fsp3) is 0.150. The summed E-state index contributed by atoms with van der Waals surface area (Å²) in [6.45, 7) is 0. The summed E-state index contributed by atoms with van der Waals surface area (Å²) in [5.74, 6) is 0.441. The number of benzene rings is 2. The lowest BCUT2D eigenvalue weighted by Crippen LogP contribution is -2.42. The Kier molecular flexibility index (Phi) is 4.00. The highest BCUT2D eigenvalue weighted by molar-refractivity contribution is 6.30. The van der Waals surface area contributed by atoms with E-state index in [0.29, 0.717) is 16.4 Å². The van der Waals surface area contributed by atoms with Gasteiger partial charge in [0.15, 0.2) is 11.8 Å². The van der Waals surface area contributed by atoms with Crippen molar-refractivity contribution >= 4 is 23.5 Å². The van der Waals surface area contributed by atoms with Crippen LogP contribution in [0.4, 0.5) is 0 Å². The number of hydrogen-bond donors (Lipinski definition) is 1. The molecule has 3 aromatic rings. The molecule has 0 bridgehead atoms. The van der Waals surface area contributed by atoms with Crippen LogP contribution in [0.3, 0.4) is 0 Å². The number of nitrogens with zero attached hydrogens (tertiary/aromatic N) is 4. The molecule has 2 N–H and O–H groups in total. The van der Waals surface area contributed by atoms with Crippen molar-refractivity contribution in [2.45, 2.75) is 5.54 Å². The third-order valence-electron chi connectivity index (χ3n) is 4.82. The Hall–Kier alpha value is -3.12. The molecule has 4 rings (SSSR count). The molecule has 1 aliphatic heterocycles. The van der Waals surface area contributed by atoms with Crippen LogP contribution in [-0.2, 0) is 17.4 Å². The number of aryl methyl sites for hydroxylation is 1. The number of nitrogens with two attached hydrogens (primary N) is 1. The van der Waals surface area contributed by atoms with Crippen LogP contribution < -0.4 is 5.73 Å². The molecule has 1 aromatic heterocycles. The molecule has 7 heteroatoms. The SMILES string of the molecule is CN1C(=O)C(c2cccc(-c3cccc(Cl)c3)c2)(c2nccn2C)N=C1N. The number of rotatable bonds is 3. The Morgan fingerprint density at radius 3 is 2.37 bits per heavy atom. The molecular formula is C20H18ClN5O. The largest absolute Gasteiger partial charge is 0.369 e. The number of carbonyl (C=O) groups is 1. The van der Waals surface area contributed by atoms with Crippen molar-refractivity contribution in [3.8, 4) is 11.1 Å². The first-order valence-corrected chi connectivity index (χ1v) is 8.79. The number of aromatic nitrogens is 2. The maximum absolute atomic E-state index is 13.2. The predicted molar refractivity (Wildman–Crippen MR) is 105 cm³/mol. The van der Waals surface area contributed by atoms with Crippen LogP contribution in [0.25, 0.3) is 11.1 Å². The first kappa shape index (κ1) is 17.3. The van der Waals surface area contributed by atoms with E-state index in [1.165, 1.54) is 4.90 Å². The Bertz CT molecular complexity index is 1070. The van der Waals surface area contributed by atoms with Crippen LogP contribution in [0, 0.1) is 0 Å². The number of likely N-dealkylation sites (N-methyl/N-ethyl adjacent to an activating group) is 1. The average Bonchev–Trinajstić information content (AvgIpc) is 3.19. The number of halogens is 1. The maximum atomic E-state index is 13.2. The van der Waals surface area contributed by atoms with Gasteiger partial charge in [-0.3, -0.25) is 9.69 Å². The third kappa shape index (κ3) is 2.61. The van der Waals surface area contributed by atoms with Crippen LogP contribution in [0.5, 0.6) is 0 Å². The minimum atomic E-state index is -1.31. The molecule has 0 fully saturated rings. The van der Waals surface area contributed by atoms with Gasteiger partial charge >= 0.3 is 0 Å². The summed E-state index contributed by atoms with van der Waals surface area (Å²) >= 11 is 6.14. The van der Waals surface area contributed by atoms with Crippen molar-refractivity contribution in [1.29, 1.82) is 0 Å². The van der Waals surface area contributed by atoms with Gasteiger partial charge in [-0.15, -0.1) is 0 Å². The molecule has 0 saturated heterocycles. The highest BCUT2D eigenvalue weighted by Crippen LogP contribution is 2.39. The monoisotopic (exact) mass is 379 g/mol. The topological polar surface area (TPSA) is 76.5 Å². The van der Waals surface area contributed by atoms with Gasteiger partial charge in [-0.05, 0) is 34.9 Å². The third-order valence-corrected chi connectivity index (χ3v) is 5.06. The Morgan fingerprint density at radius 1 is 1.07 bits per heavy atom. The van der Waals surface area contributed by atoms with E-state index in [1.807, 2.05) is 55.6 Å². The Balaban J connectivity index is 1.95. The van der Waals surface area contributed by atoms with E-state index >= 15 is 0 Å². The highest BCUT2D eigenvalue weighted by atomic mass is 35.5. The lowest BCUT2D eigenvalue weighted by atomic mass is 9.87. The molecule has 1 atom stereocenters. The first-order chi connectivity index (χ1) is 12.9. The second-order valence-electron chi connectivity index (χ2n) is 6.50. The van der Waals surface area contributed by atoms with Crippen molar-refractivity contribution in [2.24, 2.45) is 17.8 Å². The molecule has 0 saturated carbocycles. The first-order valence-electron chi connectivity index (χ1n) is 8.41. The van der Waals surface area contributed by atoms with Gasteiger partial charge in [-0.2, -0.15) is 0 Å². The lowest BCUT2D eigenvalue weighted by molar-refractivity contribution is -0.129. The fourth-order valence-corrected chi connectivity index (χ4v) is 3.60. The van der Waals surface area contributed by atoms with Crippen molar-refractivity contribution < 1.29 is 4.79 Å². The van der Waals surface area contributed by atoms with E-state index in [0.717, 1.165) is 11.1 Å². The van der Waals surface area contributed by atoms with Crippen LogP contribution in [0.2, 0.25) is 5.02 Å². The fourth-order valence-electron chi connectivity index (χ4n) is 3.41. The zero-order valence-electron chi connectivity index (χ0n) is 14.9. The summed E-state index contributed by atoms with van der Waals surface area (Å²) in [5, 5.41) is 0.649. The number of hydrogen-bond acceptors (Lipinski definition) is 4. The maximum Gasteiger partial charge on any atom is 0.269 e. The second kappa shape index (κ2) is 6.25. The number of carbonyl (C=O) groups excluding carboxylic acids is 1. The quantitative estimate of drug-likeness (QED) is 0.760. The van der Waals surface area contributed by atoms with E-state index in [2.05, 4.69) is 9.98 Å². The van der Waals surface area contributed by atoms with Crippen LogP contribution in [0.15, 0.2) is 65.9 Å². The molecule has 136 valence electrons. The van der Waals surface area contributed by atoms with Gasteiger partial charge in [-0.1, -0.05) is 41.9 Å². The Labute approximate surface area is 161 Å². The molecule has 0 aliphatic carbocycles. The number of aliphatic imine (C=N–C) groups is 1. The van der Waals surface area contributed by atoms with Gasteiger partial charge in [0, 0.05) is 31.5 Å². The number of amides is 1. The van der Waals surface area contributed by atoms with Gasteiger partial charge < -0.3 is 10.3 Å². The van der Waals surface area contributed by atoms with E-state index < -0.39 is 5.54 Å². The van der Waals surface area contributed by atoms with Crippen molar-refractivity contribution in [3.63, 3.8) is 0 Å². The van der Waals surface area contributed by atoms with Crippen LogP contribution >= 0.6 is 11.6 Å². The molecular weight excluding hydrogens is 362 g/mol. The molecule has 1 amide bonds. The van der Waals surface area contributed by atoms with Crippen LogP contribution in [0.1, 0.15) is 11.4 Å². The molecule has 2 aromatic carbocycles. The van der Waals surface area contributed by atoms with E-state index in [9.17, 15) is 4.79 Å². The standard InChI is InChI=1S/C20H18ClN5O/c1-25-10-9-23-17(25)20(18(27)26(2)19(22)24-20)15-7-3-5-13(11-15)14-6-4-8-16(21)12-14/h3-12H,1-2H3,(H2,22,24). The molecule has 0 spiro atoms. The normalized spacial score (nSPS) is 19.4. The zero-order valence-corrected chi connectivity index (χ0v) is 15.7. The molecule has 6 nitrogen and oxygen atoms in total.